The molecule has 2 aromatic heterocycles. The van der Waals surface area contributed by atoms with Crippen LogP contribution < -0.4 is 10.7 Å². The molecule has 0 unspecified atom stereocenters. The van der Waals surface area contributed by atoms with E-state index in [1.54, 1.807) is 42.6 Å². The van der Waals surface area contributed by atoms with E-state index in [0.29, 0.717) is 28.1 Å². The number of hydrogen-bond donors (Lipinski definition) is 1. The molecule has 1 N–H and O–H groups in total. The van der Waals surface area contributed by atoms with E-state index in [-0.39, 0.29) is 11.3 Å². The monoisotopic (exact) mass is 356 g/mol. The summed E-state index contributed by atoms with van der Waals surface area (Å²) in [5.41, 5.74) is 3.09. The third-order valence-electron chi connectivity index (χ3n) is 4.22. The number of pyridine rings is 1. The van der Waals surface area contributed by atoms with Gasteiger partial charge in [0, 0.05) is 23.5 Å². The number of benzene rings is 2. The predicted molar refractivity (Wildman–Crippen MR) is 105 cm³/mol. The Labute approximate surface area is 155 Å². The van der Waals surface area contributed by atoms with Crippen molar-refractivity contribution in [3.63, 3.8) is 0 Å². The van der Waals surface area contributed by atoms with Crippen molar-refractivity contribution < 1.29 is 9.21 Å². The summed E-state index contributed by atoms with van der Waals surface area (Å²) in [5, 5.41) is 3.16. The number of amides is 1. The molecule has 0 spiro atoms. The number of rotatable bonds is 3. The largest absolute Gasteiger partial charge is 0.456 e. The number of anilines is 1. The highest BCUT2D eigenvalue weighted by Crippen LogP contribution is 2.24. The molecular weight excluding hydrogens is 340 g/mol. The molecule has 0 fully saturated rings. The van der Waals surface area contributed by atoms with E-state index in [0.717, 1.165) is 11.1 Å². The number of hydrogen-bond acceptors (Lipinski definition) is 4. The molecular formula is C22H16N2O3. The van der Waals surface area contributed by atoms with Crippen molar-refractivity contribution in [3.8, 4) is 11.3 Å². The predicted octanol–water partition coefficient (Wildman–Crippen LogP) is 4.42. The van der Waals surface area contributed by atoms with Gasteiger partial charge < -0.3 is 9.73 Å². The number of carbonyl (C=O) groups is 1. The molecule has 0 aliphatic heterocycles. The van der Waals surface area contributed by atoms with Crippen molar-refractivity contribution in [2.75, 3.05) is 5.32 Å². The van der Waals surface area contributed by atoms with E-state index in [1.807, 2.05) is 31.2 Å². The maximum absolute atomic E-state index is 12.6. The van der Waals surface area contributed by atoms with E-state index in [9.17, 15) is 9.59 Å². The Balaban J connectivity index is 1.68. The summed E-state index contributed by atoms with van der Waals surface area (Å²) in [5.74, 6) is 0.174. The summed E-state index contributed by atoms with van der Waals surface area (Å²) in [4.78, 5) is 28.8. The maximum atomic E-state index is 12.6. The van der Waals surface area contributed by atoms with Gasteiger partial charge >= 0.3 is 0 Å². The quantitative estimate of drug-likeness (QED) is 0.590. The smallest absolute Gasteiger partial charge is 0.274 e. The van der Waals surface area contributed by atoms with E-state index in [1.165, 1.54) is 6.07 Å². The lowest BCUT2D eigenvalue weighted by Crippen LogP contribution is -2.13. The molecule has 0 saturated heterocycles. The minimum atomic E-state index is -0.337. The van der Waals surface area contributed by atoms with Gasteiger partial charge in [0.2, 0.25) is 0 Å². The SMILES string of the molecule is Cc1ccc(-c2cc(=O)c3cc(NC(=O)c4ccccn4)ccc3o2)cc1. The summed E-state index contributed by atoms with van der Waals surface area (Å²) in [6.07, 6.45) is 1.55. The molecule has 0 aliphatic carbocycles. The van der Waals surface area contributed by atoms with Gasteiger partial charge in [0.15, 0.2) is 5.43 Å². The third-order valence-corrected chi connectivity index (χ3v) is 4.22. The molecule has 0 aliphatic rings. The van der Waals surface area contributed by atoms with Crippen LogP contribution in [0.25, 0.3) is 22.3 Å². The van der Waals surface area contributed by atoms with E-state index in [4.69, 9.17) is 4.42 Å². The summed E-state index contributed by atoms with van der Waals surface area (Å²) in [7, 11) is 0. The first-order valence-electron chi connectivity index (χ1n) is 8.47. The molecule has 5 heteroatoms. The Hall–Kier alpha value is -3.73. The molecule has 4 aromatic rings. The fraction of sp³-hybridized carbons (Fsp3) is 0.0455. The molecule has 27 heavy (non-hydrogen) atoms. The van der Waals surface area contributed by atoms with Crippen LogP contribution in [0.1, 0.15) is 16.1 Å². The van der Waals surface area contributed by atoms with Crippen molar-refractivity contribution in [1.29, 1.82) is 0 Å². The Morgan fingerprint density at radius 3 is 2.56 bits per heavy atom. The highest BCUT2D eigenvalue weighted by molar-refractivity contribution is 6.03. The first-order chi connectivity index (χ1) is 13.1. The second-order valence-corrected chi connectivity index (χ2v) is 6.22. The zero-order chi connectivity index (χ0) is 18.8. The van der Waals surface area contributed by atoms with Crippen LogP contribution in [0.4, 0.5) is 5.69 Å². The number of aromatic nitrogens is 1. The highest BCUT2D eigenvalue weighted by Gasteiger charge is 2.10. The van der Waals surface area contributed by atoms with Gasteiger partial charge in [-0.3, -0.25) is 14.6 Å². The third kappa shape index (κ3) is 3.48. The Morgan fingerprint density at radius 1 is 1.00 bits per heavy atom. The second-order valence-electron chi connectivity index (χ2n) is 6.22. The van der Waals surface area contributed by atoms with Crippen LogP contribution in [-0.2, 0) is 0 Å². The number of aryl methyl sites for hydroxylation is 1. The lowest BCUT2D eigenvalue weighted by molar-refractivity contribution is 0.102. The highest BCUT2D eigenvalue weighted by atomic mass is 16.3. The van der Waals surface area contributed by atoms with Gasteiger partial charge in [0.1, 0.15) is 17.0 Å². The topological polar surface area (TPSA) is 72.2 Å². The number of fused-ring (bicyclic) bond motifs is 1. The van der Waals surface area contributed by atoms with Gasteiger partial charge in [-0.05, 0) is 37.3 Å². The molecule has 0 bridgehead atoms. The van der Waals surface area contributed by atoms with Gasteiger partial charge in [-0.2, -0.15) is 0 Å². The normalized spacial score (nSPS) is 10.7. The van der Waals surface area contributed by atoms with E-state index < -0.39 is 0 Å². The van der Waals surface area contributed by atoms with Gasteiger partial charge in [-0.25, -0.2) is 0 Å². The van der Waals surface area contributed by atoms with Crippen molar-refractivity contribution in [2.45, 2.75) is 6.92 Å². The Bertz CT molecular complexity index is 1180. The number of nitrogens with zero attached hydrogens (tertiary/aromatic N) is 1. The van der Waals surface area contributed by atoms with Crippen LogP contribution >= 0.6 is 0 Å². The zero-order valence-electron chi connectivity index (χ0n) is 14.6. The molecule has 0 atom stereocenters. The Kier molecular flexibility index (Phi) is 4.26. The summed E-state index contributed by atoms with van der Waals surface area (Å²) in [6.45, 7) is 2.00. The average molecular weight is 356 g/mol. The van der Waals surface area contributed by atoms with Crippen molar-refractivity contribution in [2.24, 2.45) is 0 Å². The van der Waals surface area contributed by atoms with Gasteiger partial charge in [-0.1, -0.05) is 35.9 Å². The standard InChI is InChI=1S/C22H16N2O3/c1-14-5-7-15(8-6-14)21-13-19(25)17-12-16(9-10-20(17)27-21)24-22(26)18-4-2-3-11-23-18/h2-13H,1H3,(H,24,26). The van der Waals surface area contributed by atoms with E-state index >= 15 is 0 Å². The van der Waals surface area contributed by atoms with Crippen molar-refractivity contribution in [3.05, 3.63) is 94.4 Å². The van der Waals surface area contributed by atoms with Crippen LogP contribution in [-0.4, -0.2) is 10.9 Å². The van der Waals surface area contributed by atoms with Crippen LogP contribution in [0.15, 0.2) is 82.1 Å². The van der Waals surface area contributed by atoms with Crippen LogP contribution in [0.5, 0.6) is 0 Å². The van der Waals surface area contributed by atoms with Crippen LogP contribution in [0.2, 0.25) is 0 Å². The molecule has 0 saturated carbocycles. The first kappa shape index (κ1) is 16.7. The Morgan fingerprint density at radius 2 is 1.81 bits per heavy atom. The van der Waals surface area contributed by atoms with Gasteiger partial charge in [0.05, 0.1) is 5.39 Å². The zero-order valence-corrected chi connectivity index (χ0v) is 14.6. The summed E-state index contributed by atoms with van der Waals surface area (Å²) < 4.78 is 5.89. The average Bonchev–Trinajstić information content (AvgIpc) is 2.69. The summed E-state index contributed by atoms with van der Waals surface area (Å²) >= 11 is 0. The molecule has 5 nitrogen and oxygen atoms in total. The van der Waals surface area contributed by atoms with Crippen molar-refractivity contribution in [1.82, 2.24) is 4.98 Å². The molecule has 0 radical (unpaired) electrons. The van der Waals surface area contributed by atoms with E-state index in [2.05, 4.69) is 10.3 Å². The number of nitrogens with one attached hydrogen (secondary N) is 1. The van der Waals surface area contributed by atoms with Gasteiger partial charge in [-0.15, -0.1) is 0 Å². The number of carbonyl (C=O) groups excluding carboxylic acids is 1. The van der Waals surface area contributed by atoms with Crippen LogP contribution in [0.3, 0.4) is 0 Å². The minimum Gasteiger partial charge on any atom is -0.456 e. The summed E-state index contributed by atoms with van der Waals surface area (Å²) in [6, 6.07) is 19.3. The molecule has 2 heterocycles. The second kappa shape index (κ2) is 6.88. The maximum Gasteiger partial charge on any atom is 0.274 e. The molecule has 132 valence electrons. The fourth-order valence-electron chi connectivity index (χ4n) is 2.79. The first-order valence-corrected chi connectivity index (χ1v) is 8.47. The lowest BCUT2D eigenvalue weighted by atomic mass is 10.1. The molecule has 1 amide bonds. The lowest BCUT2D eigenvalue weighted by Gasteiger charge is -2.07. The molecule has 2 aromatic carbocycles. The minimum absolute atomic E-state index is 0.166. The van der Waals surface area contributed by atoms with Crippen molar-refractivity contribution >= 4 is 22.6 Å². The molecule has 4 rings (SSSR count). The fourth-order valence-corrected chi connectivity index (χ4v) is 2.79. The van der Waals surface area contributed by atoms with Crippen LogP contribution in [0, 0.1) is 6.92 Å². The van der Waals surface area contributed by atoms with Gasteiger partial charge in [0.25, 0.3) is 5.91 Å².